The fourth-order valence-electron chi connectivity index (χ4n) is 2.67. The second kappa shape index (κ2) is 18.3. The van der Waals surface area contributed by atoms with Crippen molar-refractivity contribution < 1.29 is 13.9 Å². The molecule has 0 atom stereocenters. The third-order valence-corrected chi connectivity index (χ3v) is 4.55. The molecule has 2 aromatic heterocycles. The summed E-state index contributed by atoms with van der Waals surface area (Å²) in [5.74, 6) is 0.258. The van der Waals surface area contributed by atoms with E-state index >= 15 is 0 Å². The SMILES string of the molecule is C=C/C=C(\C=C)C(=O)Nc1cccc(NC(=O)CC)n1.CC.CCCCCn1cc(C)c(=O)[nH]c1=O.[HH].[HH].[HH]. The number of pyridine rings is 1. The number of nitrogens with one attached hydrogen (secondary N) is 3. The first-order chi connectivity index (χ1) is 17.2. The Morgan fingerprint density at radius 3 is 2.31 bits per heavy atom. The van der Waals surface area contributed by atoms with Gasteiger partial charge in [-0.05, 0) is 25.5 Å². The number of nitrogens with zero attached hydrogens (tertiary/aromatic N) is 2. The van der Waals surface area contributed by atoms with Gasteiger partial charge < -0.3 is 15.2 Å². The Morgan fingerprint density at radius 2 is 1.75 bits per heavy atom. The maximum atomic E-state index is 11.9. The molecule has 0 fully saturated rings. The Kier molecular flexibility index (Phi) is 16.3. The van der Waals surface area contributed by atoms with Crippen LogP contribution in [0.4, 0.5) is 11.6 Å². The van der Waals surface area contributed by atoms with Crippen LogP contribution in [0.15, 0.2) is 70.9 Å². The van der Waals surface area contributed by atoms with Gasteiger partial charge in [0.2, 0.25) is 5.91 Å². The molecule has 9 nitrogen and oxygen atoms in total. The first-order valence-electron chi connectivity index (χ1n) is 12.1. The molecule has 0 unspecified atom stereocenters. The van der Waals surface area contributed by atoms with Crippen LogP contribution < -0.4 is 21.9 Å². The van der Waals surface area contributed by atoms with E-state index in [1.54, 1.807) is 48.9 Å². The number of rotatable bonds is 10. The van der Waals surface area contributed by atoms with Crippen LogP contribution in [0, 0.1) is 6.92 Å². The van der Waals surface area contributed by atoms with Gasteiger partial charge in [-0.15, -0.1) is 0 Å². The highest BCUT2D eigenvalue weighted by Crippen LogP contribution is 2.11. The van der Waals surface area contributed by atoms with E-state index in [4.69, 9.17) is 0 Å². The molecule has 0 radical (unpaired) electrons. The van der Waals surface area contributed by atoms with E-state index in [0.29, 0.717) is 35.7 Å². The van der Waals surface area contributed by atoms with Crippen LogP contribution in [0.5, 0.6) is 0 Å². The average Bonchev–Trinajstić information content (AvgIpc) is 2.87. The summed E-state index contributed by atoms with van der Waals surface area (Å²) in [5.41, 5.74) is 0.365. The highest BCUT2D eigenvalue weighted by Gasteiger charge is 2.07. The molecule has 36 heavy (non-hydrogen) atoms. The lowest BCUT2D eigenvalue weighted by Gasteiger charge is -2.07. The van der Waals surface area contributed by atoms with E-state index in [-0.39, 0.29) is 27.3 Å². The van der Waals surface area contributed by atoms with Gasteiger partial charge in [0.25, 0.3) is 11.5 Å². The average molecular weight is 504 g/mol. The largest absolute Gasteiger partial charge is 0.328 e. The maximum Gasteiger partial charge on any atom is 0.328 e. The van der Waals surface area contributed by atoms with Gasteiger partial charge in [-0.2, -0.15) is 0 Å². The maximum absolute atomic E-state index is 11.9. The topological polar surface area (TPSA) is 126 Å². The Labute approximate surface area is 217 Å². The molecule has 2 amide bonds. The van der Waals surface area contributed by atoms with E-state index in [9.17, 15) is 19.2 Å². The highest BCUT2D eigenvalue weighted by atomic mass is 16.2. The summed E-state index contributed by atoms with van der Waals surface area (Å²) < 4.78 is 1.56. The van der Waals surface area contributed by atoms with Crippen LogP contribution >= 0.6 is 0 Å². The van der Waals surface area contributed by atoms with Crippen LogP contribution in [0.1, 0.15) is 63.2 Å². The van der Waals surface area contributed by atoms with Crippen molar-refractivity contribution in [2.45, 2.75) is 66.8 Å². The van der Waals surface area contributed by atoms with Crippen LogP contribution in [-0.2, 0) is 16.1 Å². The number of hydrogen-bond acceptors (Lipinski definition) is 5. The predicted octanol–water partition coefficient (Wildman–Crippen LogP) is 5.47. The Hall–Kier alpha value is -4.01. The Morgan fingerprint density at radius 1 is 1.11 bits per heavy atom. The summed E-state index contributed by atoms with van der Waals surface area (Å²) in [7, 11) is 0. The third-order valence-electron chi connectivity index (χ3n) is 4.55. The van der Waals surface area contributed by atoms with Crippen molar-refractivity contribution in [2.75, 3.05) is 10.6 Å². The normalized spacial score (nSPS) is 10.1. The second-order valence-electron chi connectivity index (χ2n) is 7.30. The zero-order chi connectivity index (χ0) is 27.5. The quantitative estimate of drug-likeness (QED) is 0.225. The number of hydrogen-bond donors (Lipinski definition) is 3. The Balaban J connectivity index is -0.000000287. The molecule has 2 rings (SSSR count). The molecule has 0 saturated heterocycles. The summed E-state index contributed by atoms with van der Waals surface area (Å²) in [6, 6.07) is 4.98. The van der Waals surface area contributed by atoms with Crippen LogP contribution in [-0.4, -0.2) is 26.3 Å². The van der Waals surface area contributed by atoms with Gasteiger partial charge in [0.15, 0.2) is 0 Å². The van der Waals surface area contributed by atoms with Gasteiger partial charge in [-0.25, -0.2) is 9.78 Å². The van der Waals surface area contributed by atoms with Gasteiger partial charge >= 0.3 is 5.69 Å². The van der Waals surface area contributed by atoms with E-state index in [1.807, 2.05) is 13.8 Å². The highest BCUT2D eigenvalue weighted by molar-refractivity contribution is 6.05. The predicted molar refractivity (Wildman–Crippen MR) is 154 cm³/mol. The molecule has 2 aromatic rings. The Bertz CT molecular complexity index is 1160. The second-order valence-corrected chi connectivity index (χ2v) is 7.30. The van der Waals surface area contributed by atoms with Crippen molar-refractivity contribution in [1.82, 2.24) is 14.5 Å². The fourth-order valence-corrected chi connectivity index (χ4v) is 2.67. The van der Waals surface area contributed by atoms with Crippen molar-refractivity contribution >= 4 is 23.5 Å². The fraction of sp³-hybridized carbons (Fsp3) is 0.370. The molecule has 202 valence electrons. The smallest absolute Gasteiger partial charge is 0.311 e. The van der Waals surface area contributed by atoms with Gasteiger partial charge in [0.1, 0.15) is 11.6 Å². The summed E-state index contributed by atoms with van der Waals surface area (Å²) in [5, 5.41) is 5.24. The lowest BCUT2D eigenvalue weighted by molar-refractivity contribution is -0.116. The van der Waals surface area contributed by atoms with Crippen LogP contribution in [0.3, 0.4) is 0 Å². The lowest BCUT2D eigenvalue weighted by atomic mass is 10.2. The number of allylic oxidation sites excluding steroid dienone is 2. The number of carbonyl (C=O) groups excluding carboxylic acids is 2. The van der Waals surface area contributed by atoms with E-state index < -0.39 is 0 Å². The minimum atomic E-state index is -0.341. The summed E-state index contributed by atoms with van der Waals surface area (Å²) in [6.07, 6.45) is 9.66. The minimum Gasteiger partial charge on any atom is -0.311 e. The number of unbranched alkanes of at least 4 members (excludes halogenated alkanes) is 2. The number of H-pyrrole nitrogens is 1. The zero-order valence-electron chi connectivity index (χ0n) is 22.0. The summed E-state index contributed by atoms with van der Waals surface area (Å²) >= 11 is 0. The summed E-state index contributed by atoms with van der Waals surface area (Å²) in [6.45, 7) is 17.3. The standard InChI is InChI=1S/C15H17N3O2.C10H16N2O2.C2H6.3H2/c1-4-8-11(5-2)15(20)18-13-10-7-9-12(16-13)17-14(19)6-3;1-3-4-5-6-12-7-8(2)9(13)11-10(12)14;1-2;;;/h4-5,7-10H,1-2,6H2,3H3,(H2,16,17,18,19,20);7H,3-6H2,1-2H3,(H,11,13,14);1-2H3;3*1H/b11-8+;;;;;. The molecular weight excluding hydrogens is 458 g/mol. The molecule has 2 heterocycles. The monoisotopic (exact) mass is 503 g/mol. The van der Waals surface area contributed by atoms with Crippen molar-refractivity contribution in [3.8, 4) is 0 Å². The number of aryl methyl sites for hydroxylation is 2. The molecule has 0 aliphatic carbocycles. The number of aromatic nitrogens is 3. The van der Waals surface area contributed by atoms with Crippen LogP contribution in [0.25, 0.3) is 0 Å². The molecule has 0 aliphatic heterocycles. The molecule has 0 spiro atoms. The van der Waals surface area contributed by atoms with Gasteiger partial charge in [-0.1, -0.05) is 78.0 Å². The molecule has 9 heteroatoms. The lowest BCUT2D eigenvalue weighted by Crippen LogP contribution is -2.30. The van der Waals surface area contributed by atoms with Gasteiger partial charge in [0.05, 0.1) is 0 Å². The number of aromatic amines is 1. The molecule has 3 N–H and O–H groups in total. The molecule has 0 aromatic carbocycles. The molecule has 0 saturated carbocycles. The van der Waals surface area contributed by atoms with Crippen molar-refractivity contribution in [1.29, 1.82) is 0 Å². The number of anilines is 2. The number of carbonyl (C=O) groups is 2. The van der Waals surface area contributed by atoms with E-state index in [2.05, 4.69) is 40.7 Å². The van der Waals surface area contributed by atoms with Crippen molar-refractivity contribution in [2.24, 2.45) is 0 Å². The van der Waals surface area contributed by atoms with Crippen molar-refractivity contribution in [3.05, 3.63) is 87.8 Å². The molecule has 0 aliphatic rings. The number of amides is 2. The molecular formula is C27H45N5O4. The molecule has 0 bridgehead atoms. The minimum absolute atomic E-state index is 0. The first kappa shape index (κ1) is 32.0. The zero-order valence-corrected chi connectivity index (χ0v) is 22.0. The van der Waals surface area contributed by atoms with E-state index in [1.165, 1.54) is 12.2 Å². The van der Waals surface area contributed by atoms with Crippen LogP contribution in [0.2, 0.25) is 0 Å². The van der Waals surface area contributed by atoms with E-state index in [0.717, 1.165) is 19.3 Å². The first-order valence-corrected chi connectivity index (χ1v) is 12.1. The van der Waals surface area contributed by atoms with Crippen molar-refractivity contribution in [3.63, 3.8) is 0 Å². The van der Waals surface area contributed by atoms with Gasteiger partial charge in [-0.3, -0.25) is 19.4 Å². The summed E-state index contributed by atoms with van der Waals surface area (Å²) in [4.78, 5) is 51.9. The third kappa shape index (κ3) is 11.9. The van der Waals surface area contributed by atoms with Gasteiger partial charge in [0, 0.05) is 34.6 Å².